The van der Waals surface area contributed by atoms with Crippen molar-refractivity contribution in [1.29, 1.82) is 0 Å². The van der Waals surface area contributed by atoms with Crippen molar-refractivity contribution in [3.8, 4) is 5.75 Å². The summed E-state index contributed by atoms with van der Waals surface area (Å²) in [5.74, 6) is 0.365. The normalized spacial score (nSPS) is 12.1. The van der Waals surface area contributed by atoms with Gasteiger partial charge in [0.05, 0.1) is 7.11 Å². The SMILES string of the molecule is CCc1ccc([C@@H]([NH2+]Cc2cc(=O)oc3cc(OC)ccc23)c2cccc(F)c2)cc1. The molecular weight excluding hydrogens is 393 g/mol. The number of fused-ring (bicyclic) bond motifs is 1. The van der Waals surface area contributed by atoms with E-state index < -0.39 is 5.63 Å². The summed E-state index contributed by atoms with van der Waals surface area (Å²) >= 11 is 0. The van der Waals surface area contributed by atoms with E-state index in [0.717, 1.165) is 28.5 Å². The Labute approximate surface area is 180 Å². The zero-order valence-corrected chi connectivity index (χ0v) is 17.6. The topological polar surface area (TPSA) is 56.0 Å². The van der Waals surface area contributed by atoms with Crippen LogP contribution in [0, 0.1) is 5.82 Å². The predicted octanol–water partition coefficient (Wildman–Crippen LogP) is 4.36. The number of methoxy groups -OCH3 is 1. The van der Waals surface area contributed by atoms with Gasteiger partial charge in [-0.05, 0) is 36.2 Å². The molecule has 158 valence electrons. The van der Waals surface area contributed by atoms with Crippen LogP contribution in [-0.4, -0.2) is 7.11 Å². The third kappa shape index (κ3) is 4.67. The molecule has 31 heavy (non-hydrogen) atoms. The minimum absolute atomic E-state index is 0.109. The molecule has 0 aliphatic heterocycles. The van der Waals surface area contributed by atoms with Gasteiger partial charge in [-0.2, -0.15) is 0 Å². The number of rotatable bonds is 7. The van der Waals surface area contributed by atoms with Crippen LogP contribution in [0.2, 0.25) is 0 Å². The number of benzene rings is 3. The molecule has 0 spiro atoms. The predicted molar refractivity (Wildman–Crippen MR) is 119 cm³/mol. The highest BCUT2D eigenvalue weighted by Gasteiger charge is 2.19. The van der Waals surface area contributed by atoms with E-state index in [1.165, 1.54) is 17.7 Å². The Kier molecular flexibility index (Phi) is 6.14. The quantitative estimate of drug-likeness (QED) is 0.454. The van der Waals surface area contributed by atoms with Gasteiger partial charge >= 0.3 is 5.63 Å². The summed E-state index contributed by atoms with van der Waals surface area (Å²) in [6, 6.07) is 21.9. The lowest BCUT2D eigenvalue weighted by molar-refractivity contribution is -0.702. The number of hydrogen-bond acceptors (Lipinski definition) is 3. The van der Waals surface area contributed by atoms with Gasteiger partial charge in [-0.25, -0.2) is 9.18 Å². The van der Waals surface area contributed by atoms with Gasteiger partial charge in [-0.15, -0.1) is 0 Å². The van der Waals surface area contributed by atoms with Crippen LogP contribution in [0.5, 0.6) is 5.75 Å². The van der Waals surface area contributed by atoms with Crippen LogP contribution in [0.25, 0.3) is 11.0 Å². The van der Waals surface area contributed by atoms with Gasteiger partial charge in [0.2, 0.25) is 0 Å². The molecule has 0 bridgehead atoms. The maximum Gasteiger partial charge on any atom is 0.336 e. The summed E-state index contributed by atoms with van der Waals surface area (Å²) in [6.45, 7) is 2.65. The van der Waals surface area contributed by atoms with E-state index in [1.54, 1.807) is 25.3 Å². The molecule has 0 aliphatic rings. The maximum absolute atomic E-state index is 14.0. The van der Waals surface area contributed by atoms with E-state index in [-0.39, 0.29) is 11.9 Å². The highest BCUT2D eigenvalue weighted by atomic mass is 19.1. The first-order chi connectivity index (χ1) is 15.1. The summed E-state index contributed by atoms with van der Waals surface area (Å²) < 4.78 is 24.6. The molecule has 0 amide bonds. The number of halogens is 1. The van der Waals surface area contributed by atoms with Crippen LogP contribution in [-0.2, 0) is 13.0 Å². The second-order valence-corrected chi connectivity index (χ2v) is 7.52. The fourth-order valence-electron chi connectivity index (χ4n) is 3.88. The Balaban J connectivity index is 1.70. The molecule has 1 aromatic heterocycles. The van der Waals surface area contributed by atoms with Gasteiger partial charge in [0.25, 0.3) is 0 Å². The van der Waals surface area contributed by atoms with Gasteiger partial charge < -0.3 is 14.5 Å². The Morgan fingerprint density at radius 3 is 2.52 bits per heavy atom. The second kappa shape index (κ2) is 9.14. The van der Waals surface area contributed by atoms with E-state index in [1.807, 2.05) is 18.2 Å². The zero-order valence-electron chi connectivity index (χ0n) is 17.6. The molecule has 3 aromatic carbocycles. The standard InChI is InChI=1S/C26H24FNO3/c1-3-17-7-9-18(10-8-17)26(19-5-4-6-21(27)13-19)28-16-20-14-25(29)31-24-15-22(30-2)11-12-23(20)24/h4-15,26,28H,3,16H2,1-2H3/p+1/t26-/m1/s1. The van der Waals surface area contributed by atoms with Crippen molar-refractivity contribution in [2.45, 2.75) is 25.9 Å². The fourth-order valence-corrected chi connectivity index (χ4v) is 3.88. The first-order valence-corrected chi connectivity index (χ1v) is 10.4. The van der Waals surface area contributed by atoms with Crippen LogP contribution < -0.4 is 15.7 Å². The first-order valence-electron chi connectivity index (χ1n) is 10.4. The maximum atomic E-state index is 14.0. The molecule has 0 saturated heterocycles. The van der Waals surface area contributed by atoms with Gasteiger partial charge in [-0.3, -0.25) is 0 Å². The lowest BCUT2D eigenvalue weighted by Gasteiger charge is -2.18. The summed E-state index contributed by atoms with van der Waals surface area (Å²) in [6.07, 6.45) is 0.962. The van der Waals surface area contributed by atoms with Crippen molar-refractivity contribution < 1.29 is 18.9 Å². The van der Waals surface area contributed by atoms with E-state index >= 15 is 0 Å². The minimum Gasteiger partial charge on any atom is -0.497 e. The third-order valence-electron chi connectivity index (χ3n) is 5.57. The molecule has 0 unspecified atom stereocenters. The monoisotopic (exact) mass is 418 g/mol. The van der Waals surface area contributed by atoms with Crippen molar-refractivity contribution >= 4 is 11.0 Å². The van der Waals surface area contributed by atoms with E-state index in [9.17, 15) is 9.18 Å². The summed E-state index contributed by atoms with van der Waals surface area (Å²) in [4.78, 5) is 12.1. The van der Waals surface area contributed by atoms with Crippen LogP contribution in [0.15, 0.2) is 82.0 Å². The van der Waals surface area contributed by atoms with Gasteiger partial charge in [0, 0.05) is 34.2 Å². The first kappa shape index (κ1) is 20.8. The molecule has 0 saturated carbocycles. The highest BCUT2D eigenvalue weighted by Crippen LogP contribution is 2.23. The molecule has 2 N–H and O–H groups in total. The number of hydrogen-bond donors (Lipinski definition) is 1. The van der Waals surface area contributed by atoms with Crippen molar-refractivity contribution in [1.82, 2.24) is 0 Å². The van der Waals surface area contributed by atoms with Gasteiger partial charge in [0.1, 0.15) is 29.7 Å². The summed E-state index contributed by atoms with van der Waals surface area (Å²) in [5, 5.41) is 2.98. The van der Waals surface area contributed by atoms with E-state index in [2.05, 4.69) is 36.5 Å². The molecule has 0 fully saturated rings. The Morgan fingerprint density at radius 2 is 1.81 bits per heavy atom. The molecule has 0 radical (unpaired) electrons. The lowest BCUT2D eigenvalue weighted by atomic mass is 9.96. The van der Waals surface area contributed by atoms with E-state index in [0.29, 0.717) is 17.9 Å². The number of ether oxygens (including phenoxy) is 1. The second-order valence-electron chi connectivity index (χ2n) is 7.52. The molecular formula is C26H25FNO3+. The molecule has 4 rings (SSSR count). The van der Waals surface area contributed by atoms with Crippen LogP contribution >= 0.6 is 0 Å². The number of nitrogens with two attached hydrogens (primary N) is 1. The Hall–Kier alpha value is -3.44. The molecule has 4 aromatic rings. The average molecular weight is 418 g/mol. The third-order valence-corrected chi connectivity index (χ3v) is 5.57. The van der Waals surface area contributed by atoms with Crippen LogP contribution in [0.3, 0.4) is 0 Å². The van der Waals surface area contributed by atoms with Crippen LogP contribution in [0.1, 0.15) is 35.2 Å². The molecule has 4 nitrogen and oxygen atoms in total. The number of quaternary nitrogens is 1. The Morgan fingerprint density at radius 1 is 1.00 bits per heavy atom. The molecule has 1 atom stereocenters. The van der Waals surface area contributed by atoms with Gasteiger partial charge in [0.15, 0.2) is 0 Å². The van der Waals surface area contributed by atoms with Crippen molar-refractivity contribution in [2.24, 2.45) is 0 Å². The summed E-state index contributed by atoms with van der Waals surface area (Å²) in [7, 11) is 1.57. The summed E-state index contributed by atoms with van der Waals surface area (Å²) in [5.41, 5.74) is 4.15. The van der Waals surface area contributed by atoms with E-state index in [4.69, 9.17) is 9.15 Å². The highest BCUT2D eigenvalue weighted by molar-refractivity contribution is 5.81. The van der Waals surface area contributed by atoms with Crippen molar-refractivity contribution in [3.63, 3.8) is 0 Å². The molecule has 5 heteroatoms. The molecule has 1 heterocycles. The zero-order chi connectivity index (χ0) is 21.8. The van der Waals surface area contributed by atoms with Crippen LogP contribution in [0.4, 0.5) is 4.39 Å². The van der Waals surface area contributed by atoms with Crippen molar-refractivity contribution in [2.75, 3.05) is 7.11 Å². The van der Waals surface area contributed by atoms with Crippen molar-refractivity contribution in [3.05, 3.63) is 111 Å². The largest absolute Gasteiger partial charge is 0.497 e. The van der Waals surface area contributed by atoms with Gasteiger partial charge in [-0.1, -0.05) is 43.3 Å². The number of aryl methyl sites for hydroxylation is 1. The minimum atomic E-state index is -0.404. The molecule has 0 aliphatic carbocycles. The average Bonchev–Trinajstić information content (AvgIpc) is 2.79. The lowest BCUT2D eigenvalue weighted by Crippen LogP contribution is -2.84. The Bertz CT molecular complexity index is 1250. The smallest absolute Gasteiger partial charge is 0.336 e. The fraction of sp³-hybridized carbons (Fsp3) is 0.192.